The summed E-state index contributed by atoms with van der Waals surface area (Å²) in [4.78, 5) is 21.0. The molecule has 0 bridgehead atoms. The molecule has 1 heterocycles. The van der Waals surface area contributed by atoms with Gasteiger partial charge in [0.25, 0.3) is 0 Å². The summed E-state index contributed by atoms with van der Waals surface area (Å²) in [7, 11) is 0. The second-order valence-corrected chi connectivity index (χ2v) is 6.15. The molecule has 1 amide bonds. The third-order valence-corrected chi connectivity index (χ3v) is 3.88. The van der Waals surface area contributed by atoms with Crippen LogP contribution < -0.4 is 16.0 Å². The van der Waals surface area contributed by atoms with Gasteiger partial charge in [-0.3, -0.25) is 4.79 Å². The van der Waals surface area contributed by atoms with E-state index >= 15 is 0 Å². The van der Waals surface area contributed by atoms with Crippen LogP contribution in [0.25, 0.3) is 11.5 Å². The number of halogens is 1. The van der Waals surface area contributed by atoms with Gasteiger partial charge in [0.2, 0.25) is 11.8 Å². The molecule has 8 nitrogen and oxygen atoms in total. The van der Waals surface area contributed by atoms with E-state index < -0.39 is 0 Å². The van der Waals surface area contributed by atoms with Crippen molar-refractivity contribution in [1.29, 1.82) is 0 Å². The van der Waals surface area contributed by atoms with Gasteiger partial charge in [-0.2, -0.15) is 0 Å². The molecule has 0 fully saturated rings. The number of carbonyl (C=O) groups excluding carboxylic acids is 1. The van der Waals surface area contributed by atoms with Crippen LogP contribution in [0.1, 0.15) is 12.6 Å². The highest BCUT2D eigenvalue weighted by Gasteiger charge is 2.07. The van der Waals surface area contributed by atoms with Crippen molar-refractivity contribution in [3.63, 3.8) is 0 Å². The van der Waals surface area contributed by atoms with E-state index in [1.165, 1.54) is 12.1 Å². The topological polar surface area (TPSA) is 112 Å². The number of anilines is 1. The Morgan fingerprint density at radius 2 is 1.83 bits per heavy atom. The van der Waals surface area contributed by atoms with E-state index in [1.54, 1.807) is 18.4 Å². The number of phenolic OH excluding ortho intramolecular Hbond substituents is 1. The fourth-order valence-electron chi connectivity index (χ4n) is 2.51. The molecule has 0 aliphatic rings. The lowest BCUT2D eigenvalue weighted by Gasteiger charge is -2.11. The lowest BCUT2D eigenvalue weighted by molar-refractivity contribution is -0.115. The van der Waals surface area contributed by atoms with Crippen LogP contribution in [0.4, 0.5) is 5.69 Å². The molecular weight excluding hydrogens is 497 g/mol. The number of nitrogens with zero attached hydrogens (tertiary/aromatic N) is 2. The van der Waals surface area contributed by atoms with Gasteiger partial charge in [0.05, 0.1) is 13.1 Å². The van der Waals surface area contributed by atoms with Gasteiger partial charge in [0.1, 0.15) is 17.7 Å². The second-order valence-electron chi connectivity index (χ2n) is 6.15. The summed E-state index contributed by atoms with van der Waals surface area (Å²) >= 11 is 0. The highest BCUT2D eigenvalue weighted by Crippen LogP contribution is 2.18. The Bertz CT molecular complexity index is 958. The maximum atomic E-state index is 12.1. The summed E-state index contributed by atoms with van der Waals surface area (Å²) in [6.07, 6.45) is 1.58. The molecule has 3 aromatic rings. The Kier molecular flexibility index (Phi) is 9.13. The van der Waals surface area contributed by atoms with Crippen molar-refractivity contribution < 1.29 is 14.3 Å². The zero-order valence-corrected chi connectivity index (χ0v) is 18.8. The van der Waals surface area contributed by atoms with E-state index in [-0.39, 0.29) is 42.2 Å². The number of nitrogens with one attached hydrogen (secondary N) is 3. The Morgan fingerprint density at radius 3 is 2.53 bits per heavy atom. The fraction of sp³-hybridized carbons (Fsp3) is 0.190. The third-order valence-electron chi connectivity index (χ3n) is 3.88. The number of aromatic nitrogens is 1. The molecule has 0 aliphatic heterocycles. The molecule has 0 unspecified atom stereocenters. The summed E-state index contributed by atoms with van der Waals surface area (Å²) in [6.45, 7) is 2.95. The standard InChI is InChI=1S/C21H23N5O3.HI/c1-2-22-21(24-13-19(28)25-16-8-10-18(27)11-9-16)23-12-17-14-29-20(26-17)15-6-4-3-5-7-15;/h3-11,14,27H,2,12-13H2,1H3,(H,25,28)(H2,22,23,24);1H. The Morgan fingerprint density at radius 1 is 1.10 bits per heavy atom. The van der Waals surface area contributed by atoms with E-state index in [0.717, 1.165) is 5.56 Å². The van der Waals surface area contributed by atoms with Crippen LogP contribution in [0.5, 0.6) is 5.75 Å². The van der Waals surface area contributed by atoms with Crippen LogP contribution in [-0.4, -0.2) is 35.0 Å². The predicted octanol–water partition coefficient (Wildman–Crippen LogP) is 3.36. The van der Waals surface area contributed by atoms with Crippen LogP contribution in [0.3, 0.4) is 0 Å². The van der Waals surface area contributed by atoms with E-state index in [1.807, 2.05) is 37.3 Å². The number of aromatic hydroxyl groups is 1. The first-order chi connectivity index (χ1) is 14.1. The van der Waals surface area contributed by atoms with Gasteiger partial charge in [-0.15, -0.1) is 24.0 Å². The SMILES string of the molecule is CCNC(=NCc1coc(-c2ccccc2)n1)NCC(=O)Nc1ccc(O)cc1.I. The Hall–Kier alpha value is -3.08. The molecule has 0 atom stereocenters. The third kappa shape index (κ3) is 7.07. The number of guanidine groups is 1. The summed E-state index contributed by atoms with van der Waals surface area (Å²) in [5.74, 6) is 0.958. The predicted molar refractivity (Wildman–Crippen MR) is 127 cm³/mol. The fourth-order valence-corrected chi connectivity index (χ4v) is 2.51. The highest BCUT2D eigenvalue weighted by molar-refractivity contribution is 14.0. The van der Waals surface area contributed by atoms with Gasteiger partial charge in [-0.25, -0.2) is 9.98 Å². The van der Waals surface area contributed by atoms with Crippen LogP contribution in [0.2, 0.25) is 0 Å². The minimum Gasteiger partial charge on any atom is -0.508 e. The lowest BCUT2D eigenvalue weighted by atomic mass is 10.2. The average Bonchev–Trinajstić information content (AvgIpc) is 3.21. The molecule has 158 valence electrons. The van der Waals surface area contributed by atoms with E-state index in [0.29, 0.717) is 36.3 Å². The van der Waals surface area contributed by atoms with Crippen molar-refractivity contribution in [3.8, 4) is 17.2 Å². The van der Waals surface area contributed by atoms with Crippen molar-refractivity contribution in [2.75, 3.05) is 18.4 Å². The smallest absolute Gasteiger partial charge is 0.243 e. The zero-order valence-electron chi connectivity index (χ0n) is 16.5. The number of carbonyl (C=O) groups is 1. The summed E-state index contributed by atoms with van der Waals surface area (Å²) in [6, 6.07) is 15.9. The molecule has 0 saturated heterocycles. The van der Waals surface area contributed by atoms with E-state index in [4.69, 9.17) is 4.42 Å². The first kappa shape index (κ1) is 23.2. The quantitative estimate of drug-likeness (QED) is 0.164. The molecule has 0 saturated carbocycles. The molecule has 0 spiro atoms. The van der Waals surface area contributed by atoms with Gasteiger partial charge in [0.15, 0.2) is 5.96 Å². The van der Waals surface area contributed by atoms with Gasteiger partial charge < -0.3 is 25.5 Å². The lowest BCUT2D eigenvalue weighted by Crippen LogP contribution is -2.41. The summed E-state index contributed by atoms with van der Waals surface area (Å²) in [5.41, 5.74) is 2.20. The molecule has 1 aromatic heterocycles. The number of aliphatic imine (C=N–C) groups is 1. The Labute approximate surface area is 191 Å². The molecule has 0 radical (unpaired) electrons. The maximum absolute atomic E-state index is 12.1. The molecule has 2 aromatic carbocycles. The monoisotopic (exact) mass is 521 g/mol. The van der Waals surface area contributed by atoms with Gasteiger partial charge >= 0.3 is 0 Å². The van der Waals surface area contributed by atoms with Gasteiger partial charge in [-0.05, 0) is 43.3 Å². The van der Waals surface area contributed by atoms with E-state index in [2.05, 4.69) is 25.9 Å². The van der Waals surface area contributed by atoms with E-state index in [9.17, 15) is 9.90 Å². The van der Waals surface area contributed by atoms with Crippen LogP contribution in [-0.2, 0) is 11.3 Å². The number of phenols is 1. The molecule has 3 rings (SSSR count). The minimum absolute atomic E-state index is 0. The van der Waals surface area contributed by atoms with Crippen LogP contribution in [0.15, 0.2) is 70.3 Å². The average molecular weight is 521 g/mol. The van der Waals surface area contributed by atoms with Crippen molar-refractivity contribution >= 4 is 41.5 Å². The number of rotatable bonds is 7. The van der Waals surface area contributed by atoms with Crippen LogP contribution in [0, 0.1) is 0 Å². The molecular formula is C21H24IN5O3. The number of oxazole rings is 1. The van der Waals surface area contributed by atoms with Gasteiger partial charge in [0, 0.05) is 17.8 Å². The minimum atomic E-state index is -0.228. The number of benzene rings is 2. The summed E-state index contributed by atoms with van der Waals surface area (Å²) in [5, 5.41) is 18.1. The number of amides is 1. The normalized spacial score (nSPS) is 10.8. The van der Waals surface area contributed by atoms with Crippen LogP contribution >= 0.6 is 24.0 Å². The van der Waals surface area contributed by atoms with Crippen molar-refractivity contribution in [3.05, 3.63) is 66.6 Å². The largest absolute Gasteiger partial charge is 0.508 e. The molecule has 9 heteroatoms. The number of hydrogen-bond donors (Lipinski definition) is 4. The van der Waals surface area contributed by atoms with Gasteiger partial charge in [-0.1, -0.05) is 18.2 Å². The van der Waals surface area contributed by atoms with Crippen molar-refractivity contribution in [2.24, 2.45) is 4.99 Å². The van der Waals surface area contributed by atoms with Crippen molar-refractivity contribution in [2.45, 2.75) is 13.5 Å². The first-order valence-corrected chi connectivity index (χ1v) is 9.25. The Balaban J connectivity index is 0.00000320. The molecule has 4 N–H and O–H groups in total. The second kappa shape index (κ2) is 11.8. The molecule has 0 aliphatic carbocycles. The van der Waals surface area contributed by atoms with Crippen molar-refractivity contribution in [1.82, 2.24) is 15.6 Å². The maximum Gasteiger partial charge on any atom is 0.243 e. The highest BCUT2D eigenvalue weighted by atomic mass is 127. The summed E-state index contributed by atoms with van der Waals surface area (Å²) < 4.78 is 5.51. The molecule has 30 heavy (non-hydrogen) atoms. The zero-order chi connectivity index (χ0) is 20.5. The number of hydrogen-bond acceptors (Lipinski definition) is 5. The first-order valence-electron chi connectivity index (χ1n) is 9.25.